The molecule has 1 aromatic rings. The average Bonchev–Trinajstić information content (AvgIpc) is 2.53. The number of nitrogens with one attached hydrogen (secondary N) is 1. The third-order valence-corrected chi connectivity index (χ3v) is 3.64. The van der Waals surface area contributed by atoms with Crippen molar-refractivity contribution in [1.82, 2.24) is 10.3 Å². The Labute approximate surface area is 118 Å². The van der Waals surface area contributed by atoms with Crippen molar-refractivity contribution in [3.05, 3.63) is 35.9 Å². The maximum absolute atomic E-state index is 12.0. The first-order valence-electron chi connectivity index (χ1n) is 6.74. The van der Waals surface area contributed by atoms with Crippen molar-refractivity contribution < 1.29 is 14.6 Å². The average molecular weight is 279 g/mol. The highest BCUT2D eigenvalue weighted by molar-refractivity contribution is 5.83. The molecule has 2 unspecified atom stereocenters. The molecule has 1 heterocycles. The summed E-state index contributed by atoms with van der Waals surface area (Å²) in [5, 5.41) is 9.39. The van der Waals surface area contributed by atoms with Crippen molar-refractivity contribution in [3.63, 3.8) is 0 Å². The Kier molecular flexibility index (Phi) is 5.49. The van der Waals surface area contributed by atoms with Gasteiger partial charge < -0.3 is 9.84 Å². The summed E-state index contributed by atoms with van der Waals surface area (Å²) in [6.45, 7) is 2.34. The largest absolute Gasteiger partial charge is 0.395 e. The van der Waals surface area contributed by atoms with E-state index >= 15 is 0 Å². The summed E-state index contributed by atoms with van der Waals surface area (Å²) in [5.74, 6) is 4.71. The lowest BCUT2D eigenvalue weighted by atomic mass is 9.97. The molecule has 1 amide bonds. The molecule has 1 aromatic carbocycles. The number of nitrogens with two attached hydrogens (primary N) is 1. The predicted octanol–water partition coefficient (Wildman–Crippen LogP) is -0.547. The van der Waals surface area contributed by atoms with Gasteiger partial charge in [-0.15, -0.1) is 0 Å². The number of benzene rings is 1. The van der Waals surface area contributed by atoms with E-state index in [-0.39, 0.29) is 24.5 Å². The zero-order valence-corrected chi connectivity index (χ0v) is 11.4. The van der Waals surface area contributed by atoms with Crippen LogP contribution < -0.4 is 11.3 Å². The van der Waals surface area contributed by atoms with Gasteiger partial charge in [0, 0.05) is 13.1 Å². The van der Waals surface area contributed by atoms with E-state index < -0.39 is 0 Å². The molecular formula is C14H21N3O3. The molecule has 2 rings (SSSR count). The molecular weight excluding hydrogens is 258 g/mol. The SMILES string of the molecule is NNC(=O)C(CN1CCOCC1CO)c1ccccc1. The smallest absolute Gasteiger partial charge is 0.242 e. The first-order valence-corrected chi connectivity index (χ1v) is 6.74. The number of carbonyl (C=O) groups is 1. The van der Waals surface area contributed by atoms with Crippen LogP contribution in [0.1, 0.15) is 11.5 Å². The molecule has 1 fully saturated rings. The van der Waals surface area contributed by atoms with Crippen molar-refractivity contribution in [1.29, 1.82) is 0 Å². The standard InChI is InChI=1S/C14H21N3O3/c15-16-14(19)13(11-4-2-1-3-5-11)8-17-6-7-20-10-12(17)9-18/h1-5,12-13,18H,6-10,15H2,(H,16,19). The Morgan fingerprint density at radius 1 is 1.50 bits per heavy atom. The number of hydrogen-bond donors (Lipinski definition) is 3. The molecule has 4 N–H and O–H groups in total. The minimum absolute atomic E-state index is 0.0196. The van der Waals surface area contributed by atoms with Gasteiger partial charge in [-0.2, -0.15) is 0 Å². The topological polar surface area (TPSA) is 87.8 Å². The summed E-state index contributed by atoms with van der Waals surface area (Å²) in [6.07, 6.45) is 0. The van der Waals surface area contributed by atoms with E-state index in [0.29, 0.717) is 26.3 Å². The van der Waals surface area contributed by atoms with Crippen LogP contribution in [0, 0.1) is 0 Å². The van der Waals surface area contributed by atoms with Crippen molar-refractivity contribution in [2.75, 3.05) is 32.9 Å². The van der Waals surface area contributed by atoms with Crippen LogP contribution >= 0.6 is 0 Å². The van der Waals surface area contributed by atoms with Crippen LogP contribution in [0.3, 0.4) is 0 Å². The number of hydrogen-bond acceptors (Lipinski definition) is 5. The summed E-state index contributed by atoms with van der Waals surface area (Å²) in [7, 11) is 0. The van der Waals surface area contributed by atoms with Crippen LogP contribution in [-0.2, 0) is 9.53 Å². The van der Waals surface area contributed by atoms with Gasteiger partial charge in [-0.1, -0.05) is 30.3 Å². The number of morpholine rings is 1. The fraction of sp³-hybridized carbons (Fsp3) is 0.500. The predicted molar refractivity (Wildman–Crippen MR) is 74.8 cm³/mol. The molecule has 0 spiro atoms. The van der Waals surface area contributed by atoms with Gasteiger partial charge in [-0.05, 0) is 5.56 Å². The monoisotopic (exact) mass is 279 g/mol. The molecule has 6 nitrogen and oxygen atoms in total. The Hall–Kier alpha value is -1.47. The van der Waals surface area contributed by atoms with Crippen LogP contribution in [0.2, 0.25) is 0 Å². The maximum atomic E-state index is 12.0. The third-order valence-electron chi connectivity index (χ3n) is 3.64. The molecule has 6 heteroatoms. The quantitative estimate of drug-likeness (QED) is 0.382. The molecule has 0 saturated carbocycles. The van der Waals surface area contributed by atoms with Crippen LogP contribution in [0.4, 0.5) is 0 Å². The molecule has 1 aliphatic rings. The van der Waals surface area contributed by atoms with E-state index in [0.717, 1.165) is 5.56 Å². The highest BCUT2D eigenvalue weighted by Crippen LogP contribution is 2.19. The van der Waals surface area contributed by atoms with Crippen molar-refractivity contribution >= 4 is 5.91 Å². The van der Waals surface area contributed by atoms with Crippen LogP contribution in [-0.4, -0.2) is 54.9 Å². The maximum Gasteiger partial charge on any atom is 0.242 e. The summed E-state index contributed by atoms with van der Waals surface area (Å²) in [6, 6.07) is 9.46. The van der Waals surface area contributed by atoms with Crippen molar-refractivity contribution in [3.8, 4) is 0 Å². The van der Waals surface area contributed by atoms with Gasteiger partial charge in [0.2, 0.25) is 5.91 Å². The first kappa shape index (κ1) is 14.9. The summed E-state index contributed by atoms with van der Waals surface area (Å²) in [4.78, 5) is 14.1. The van der Waals surface area contributed by atoms with E-state index in [1.54, 1.807) is 0 Å². The molecule has 2 atom stereocenters. The molecule has 0 bridgehead atoms. The number of amides is 1. The van der Waals surface area contributed by atoms with Crippen molar-refractivity contribution in [2.24, 2.45) is 5.84 Å². The van der Waals surface area contributed by atoms with Gasteiger partial charge in [0.05, 0.1) is 31.8 Å². The van der Waals surface area contributed by atoms with Gasteiger partial charge >= 0.3 is 0 Å². The van der Waals surface area contributed by atoms with Gasteiger partial charge in [0.25, 0.3) is 0 Å². The Balaban J connectivity index is 2.13. The molecule has 0 radical (unpaired) electrons. The number of ether oxygens (including phenoxy) is 1. The summed E-state index contributed by atoms with van der Waals surface area (Å²) in [5.41, 5.74) is 3.14. The van der Waals surface area contributed by atoms with Gasteiger partial charge in [-0.3, -0.25) is 15.1 Å². The second kappa shape index (κ2) is 7.35. The highest BCUT2D eigenvalue weighted by Gasteiger charge is 2.28. The molecule has 20 heavy (non-hydrogen) atoms. The molecule has 1 aliphatic heterocycles. The van der Waals surface area contributed by atoms with Gasteiger partial charge in [-0.25, -0.2) is 5.84 Å². The second-order valence-corrected chi connectivity index (χ2v) is 4.88. The number of aliphatic hydroxyl groups excluding tert-OH is 1. The second-order valence-electron chi connectivity index (χ2n) is 4.88. The van der Waals surface area contributed by atoms with Crippen molar-refractivity contribution in [2.45, 2.75) is 12.0 Å². The fourth-order valence-electron chi connectivity index (χ4n) is 2.46. The van der Waals surface area contributed by atoms with Gasteiger partial charge in [0.15, 0.2) is 0 Å². The fourth-order valence-corrected chi connectivity index (χ4v) is 2.46. The molecule has 0 aliphatic carbocycles. The first-order chi connectivity index (χ1) is 9.76. The lowest BCUT2D eigenvalue weighted by Crippen LogP contribution is -2.51. The Bertz CT molecular complexity index is 427. The lowest BCUT2D eigenvalue weighted by molar-refractivity contribution is -0.124. The summed E-state index contributed by atoms with van der Waals surface area (Å²) >= 11 is 0. The highest BCUT2D eigenvalue weighted by atomic mass is 16.5. The van der Waals surface area contributed by atoms with E-state index in [2.05, 4.69) is 10.3 Å². The molecule has 0 aromatic heterocycles. The molecule has 1 saturated heterocycles. The van der Waals surface area contributed by atoms with Crippen LogP contribution in [0.25, 0.3) is 0 Å². The Morgan fingerprint density at radius 2 is 2.25 bits per heavy atom. The van der Waals surface area contributed by atoms with Crippen LogP contribution in [0.15, 0.2) is 30.3 Å². The zero-order valence-electron chi connectivity index (χ0n) is 11.4. The zero-order chi connectivity index (χ0) is 14.4. The lowest BCUT2D eigenvalue weighted by Gasteiger charge is -2.36. The number of rotatable bonds is 5. The van der Waals surface area contributed by atoms with E-state index in [1.807, 2.05) is 30.3 Å². The minimum atomic E-state index is -0.353. The number of hydrazine groups is 1. The van der Waals surface area contributed by atoms with Gasteiger partial charge in [0.1, 0.15) is 0 Å². The Morgan fingerprint density at radius 3 is 2.90 bits per heavy atom. The third kappa shape index (κ3) is 3.55. The summed E-state index contributed by atoms with van der Waals surface area (Å²) < 4.78 is 5.35. The van der Waals surface area contributed by atoms with E-state index in [4.69, 9.17) is 10.6 Å². The van der Waals surface area contributed by atoms with E-state index in [1.165, 1.54) is 0 Å². The minimum Gasteiger partial charge on any atom is -0.395 e. The molecule has 110 valence electrons. The number of aliphatic hydroxyl groups is 1. The van der Waals surface area contributed by atoms with Crippen LogP contribution in [0.5, 0.6) is 0 Å². The van der Waals surface area contributed by atoms with E-state index in [9.17, 15) is 9.90 Å². The number of carbonyl (C=O) groups excluding carboxylic acids is 1. The number of nitrogens with zero attached hydrogens (tertiary/aromatic N) is 1. The normalized spacial score (nSPS) is 21.4.